The molecule has 0 heterocycles. The lowest BCUT2D eigenvalue weighted by Crippen LogP contribution is -2.26. The summed E-state index contributed by atoms with van der Waals surface area (Å²) >= 11 is 11.5. The van der Waals surface area contributed by atoms with Crippen LogP contribution in [0.5, 0.6) is 0 Å². The molecule has 3 nitrogen and oxygen atoms in total. The van der Waals surface area contributed by atoms with Crippen LogP contribution in [0.4, 0.5) is 4.39 Å². The van der Waals surface area contributed by atoms with Crippen molar-refractivity contribution in [3.05, 3.63) is 33.6 Å². The summed E-state index contributed by atoms with van der Waals surface area (Å²) in [6, 6.07) is 2.30. The maximum atomic E-state index is 13.3. The second kappa shape index (κ2) is 6.19. The van der Waals surface area contributed by atoms with Crippen molar-refractivity contribution < 1.29 is 13.9 Å². The minimum absolute atomic E-state index is 0.0260. The smallest absolute Gasteiger partial charge is 0.319 e. The lowest BCUT2D eigenvalue weighted by atomic mass is 10.1. The van der Waals surface area contributed by atoms with Crippen LogP contribution in [-0.4, -0.2) is 19.6 Å². The van der Waals surface area contributed by atoms with Gasteiger partial charge in [0.1, 0.15) is 5.82 Å². The topological polar surface area (TPSA) is 38.3 Å². The first kappa shape index (κ1) is 14.2. The van der Waals surface area contributed by atoms with Gasteiger partial charge in [-0.3, -0.25) is 4.79 Å². The van der Waals surface area contributed by atoms with Gasteiger partial charge >= 0.3 is 5.97 Å². The van der Waals surface area contributed by atoms with E-state index in [-0.39, 0.29) is 17.6 Å². The summed E-state index contributed by atoms with van der Waals surface area (Å²) in [5, 5.41) is 3.19. The summed E-state index contributed by atoms with van der Waals surface area (Å²) in [6.07, 6.45) is 0. The van der Waals surface area contributed by atoms with Crippen LogP contribution in [0, 0.1) is 5.82 Å². The van der Waals surface area contributed by atoms with Crippen LogP contribution in [0.2, 0.25) is 10.0 Å². The molecular weight excluding hydrogens is 268 g/mol. The van der Waals surface area contributed by atoms with Gasteiger partial charge in [-0.15, -0.1) is 0 Å². The van der Waals surface area contributed by atoms with Gasteiger partial charge in [0.05, 0.1) is 18.7 Å². The van der Waals surface area contributed by atoms with Crippen molar-refractivity contribution in [3.63, 3.8) is 0 Å². The van der Waals surface area contributed by atoms with Crippen molar-refractivity contribution in [2.75, 3.05) is 13.7 Å². The average molecular weight is 280 g/mol. The summed E-state index contributed by atoms with van der Waals surface area (Å²) in [5.74, 6) is -0.944. The molecule has 0 spiro atoms. The Balaban J connectivity index is 2.78. The highest BCUT2D eigenvalue weighted by Crippen LogP contribution is 2.28. The molecule has 0 aliphatic rings. The van der Waals surface area contributed by atoms with Crippen LogP contribution in [0.15, 0.2) is 12.1 Å². The Labute approximate surface area is 109 Å². The van der Waals surface area contributed by atoms with Crippen molar-refractivity contribution >= 4 is 29.2 Å². The molecule has 1 aromatic carbocycles. The number of hydrogen-bond donors (Lipinski definition) is 1. The molecule has 1 unspecified atom stereocenters. The van der Waals surface area contributed by atoms with E-state index in [0.717, 1.165) is 0 Å². The number of ether oxygens (including phenoxy) is 1. The Morgan fingerprint density at radius 2 is 2.12 bits per heavy atom. The number of carbonyl (C=O) groups excluding carboxylic acids is 1. The monoisotopic (exact) mass is 279 g/mol. The number of methoxy groups -OCH3 is 1. The van der Waals surface area contributed by atoms with E-state index in [9.17, 15) is 9.18 Å². The van der Waals surface area contributed by atoms with E-state index >= 15 is 0 Å². The van der Waals surface area contributed by atoms with Crippen molar-refractivity contribution in [2.24, 2.45) is 0 Å². The van der Waals surface area contributed by atoms with Gasteiger partial charge in [0.15, 0.2) is 0 Å². The zero-order valence-corrected chi connectivity index (χ0v) is 10.9. The van der Waals surface area contributed by atoms with Gasteiger partial charge in [0.2, 0.25) is 0 Å². The molecule has 6 heteroatoms. The number of halogens is 3. The van der Waals surface area contributed by atoms with Gasteiger partial charge in [0, 0.05) is 11.1 Å². The lowest BCUT2D eigenvalue weighted by molar-refractivity contribution is -0.139. The van der Waals surface area contributed by atoms with Gasteiger partial charge < -0.3 is 10.1 Å². The van der Waals surface area contributed by atoms with Gasteiger partial charge in [-0.05, 0) is 24.6 Å². The molecule has 0 aromatic heterocycles. The van der Waals surface area contributed by atoms with Crippen molar-refractivity contribution in [1.82, 2.24) is 5.32 Å². The molecule has 0 bridgehead atoms. The molecule has 0 saturated heterocycles. The molecule has 0 radical (unpaired) electrons. The second-order valence-corrected chi connectivity index (χ2v) is 4.28. The van der Waals surface area contributed by atoms with E-state index in [1.807, 2.05) is 0 Å². The second-order valence-electron chi connectivity index (χ2n) is 3.47. The first-order chi connectivity index (χ1) is 7.95. The Morgan fingerprint density at radius 1 is 1.47 bits per heavy atom. The minimum atomic E-state index is -0.544. The van der Waals surface area contributed by atoms with E-state index in [2.05, 4.69) is 10.1 Å². The molecule has 0 aliphatic carbocycles. The molecule has 0 aliphatic heterocycles. The zero-order chi connectivity index (χ0) is 13.0. The van der Waals surface area contributed by atoms with Gasteiger partial charge in [-0.2, -0.15) is 0 Å². The molecule has 17 heavy (non-hydrogen) atoms. The summed E-state index contributed by atoms with van der Waals surface area (Å²) < 4.78 is 17.8. The SMILES string of the molecule is COC(=O)CNC(C)c1cc(F)c(Cl)cc1Cl. The van der Waals surface area contributed by atoms with Crippen LogP contribution >= 0.6 is 23.2 Å². The summed E-state index contributed by atoms with van der Waals surface area (Å²) in [7, 11) is 1.30. The zero-order valence-electron chi connectivity index (χ0n) is 9.39. The fourth-order valence-corrected chi connectivity index (χ4v) is 1.84. The van der Waals surface area contributed by atoms with Gasteiger partial charge in [0.25, 0.3) is 0 Å². The molecular formula is C11H12Cl2FNO2. The first-order valence-corrected chi connectivity index (χ1v) is 5.66. The van der Waals surface area contributed by atoms with E-state index in [1.54, 1.807) is 6.92 Å². The number of esters is 1. The number of nitrogens with one attached hydrogen (secondary N) is 1. The van der Waals surface area contributed by atoms with E-state index in [1.165, 1.54) is 19.2 Å². The number of rotatable bonds is 4. The Bertz CT molecular complexity index is 426. The summed E-state index contributed by atoms with van der Waals surface area (Å²) in [4.78, 5) is 10.9. The summed E-state index contributed by atoms with van der Waals surface area (Å²) in [6.45, 7) is 1.79. The predicted octanol–water partition coefficient (Wildman–Crippen LogP) is 2.96. The molecule has 94 valence electrons. The quantitative estimate of drug-likeness (QED) is 0.680. The van der Waals surface area contributed by atoms with Crippen LogP contribution in [0.1, 0.15) is 18.5 Å². The molecule has 0 amide bonds. The van der Waals surface area contributed by atoms with Crippen LogP contribution < -0.4 is 5.32 Å². The van der Waals surface area contributed by atoms with Crippen LogP contribution in [0.25, 0.3) is 0 Å². The van der Waals surface area contributed by atoms with Gasteiger partial charge in [-0.1, -0.05) is 23.2 Å². The normalized spacial score (nSPS) is 12.3. The lowest BCUT2D eigenvalue weighted by Gasteiger charge is -2.15. The van der Waals surface area contributed by atoms with Crippen molar-refractivity contribution in [3.8, 4) is 0 Å². The Kier molecular flexibility index (Phi) is 5.18. The summed E-state index contributed by atoms with van der Waals surface area (Å²) in [5.41, 5.74) is 0.539. The maximum absolute atomic E-state index is 13.3. The Hall–Kier alpha value is -0.840. The van der Waals surface area contributed by atoms with E-state index in [4.69, 9.17) is 23.2 Å². The maximum Gasteiger partial charge on any atom is 0.319 e. The number of benzene rings is 1. The van der Waals surface area contributed by atoms with Gasteiger partial charge in [-0.25, -0.2) is 4.39 Å². The highest BCUT2D eigenvalue weighted by Gasteiger charge is 2.14. The number of hydrogen-bond acceptors (Lipinski definition) is 3. The standard InChI is InChI=1S/C11H12Cl2FNO2/c1-6(15-5-11(16)17-2)7-3-10(14)9(13)4-8(7)12/h3-4,6,15H,5H2,1-2H3. The fraction of sp³-hybridized carbons (Fsp3) is 0.364. The Morgan fingerprint density at radius 3 is 2.71 bits per heavy atom. The van der Waals surface area contributed by atoms with E-state index < -0.39 is 11.8 Å². The average Bonchev–Trinajstić information content (AvgIpc) is 2.30. The molecule has 0 fully saturated rings. The van der Waals surface area contributed by atoms with E-state index in [0.29, 0.717) is 10.6 Å². The number of carbonyl (C=O) groups is 1. The molecule has 0 saturated carbocycles. The largest absolute Gasteiger partial charge is 0.468 e. The third-order valence-corrected chi connectivity index (χ3v) is 2.90. The third kappa shape index (κ3) is 3.84. The minimum Gasteiger partial charge on any atom is -0.468 e. The fourth-order valence-electron chi connectivity index (χ4n) is 1.29. The van der Waals surface area contributed by atoms with Crippen LogP contribution in [0.3, 0.4) is 0 Å². The third-order valence-electron chi connectivity index (χ3n) is 2.29. The highest BCUT2D eigenvalue weighted by atomic mass is 35.5. The first-order valence-electron chi connectivity index (χ1n) is 4.90. The molecule has 1 N–H and O–H groups in total. The molecule has 1 aromatic rings. The molecule has 1 rings (SSSR count). The predicted molar refractivity (Wildman–Crippen MR) is 64.9 cm³/mol. The highest BCUT2D eigenvalue weighted by molar-refractivity contribution is 6.35. The van der Waals surface area contributed by atoms with Crippen molar-refractivity contribution in [2.45, 2.75) is 13.0 Å². The molecule has 1 atom stereocenters. The van der Waals surface area contributed by atoms with Crippen molar-refractivity contribution in [1.29, 1.82) is 0 Å². The van der Waals surface area contributed by atoms with Crippen LogP contribution in [-0.2, 0) is 9.53 Å².